The molecule has 0 atom stereocenters. The summed E-state index contributed by atoms with van der Waals surface area (Å²) < 4.78 is 0. The maximum Gasteiger partial charge on any atom is 0.317 e. The third-order valence-electron chi connectivity index (χ3n) is 3.72. The van der Waals surface area contributed by atoms with Crippen LogP contribution in [0.3, 0.4) is 0 Å². The fourth-order valence-electron chi connectivity index (χ4n) is 2.37. The molecule has 0 saturated carbocycles. The Morgan fingerprint density at radius 2 is 1.68 bits per heavy atom. The van der Waals surface area contributed by atoms with Crippen LogP contribution in [0.4, 0.5) is 4.79 Å². The molecule has 0 bridgehead atoms. The summed E-state index contributed by atoms with van der Waals surface area (Å²) in [5.74, 6) is 0.0428. The Morgan fingerprint density at radius 1 is 1.09 bits per heavy atom. The molecule has 0 spiro atoms. The predicted molar refractivity (Wildman–Crippen MR) is 89.4 cm³/mol. The van der Waals surface area contributed by atoms with Gasteiger partial charge >= 0.3 is 6.03 Å². The van der Waals surface area contributed by atoms with Gasteiger partial charge in [0.25, 0.3) is 5.91 Å². The molecule has 1 aliphatic rings. The van der Waals surface area contributed by atoms with Gasteiger partial charge in [0, 0.05) is 43.2 Å². The lowest BCUT2D eigenvalue weighted by Gasteiger charge is -2.34. The van der Waals surface area contributed by atoms with E-state index in [-0.39, 0.29) is 11.9 Å². The SMILES string of the molecule is CCCNC(=O)N1CCN(C(=O)c2ccc(SC)cc2)CC1. The molecule has 0 aliphatic carbocycles. The molecule has 1 aromatic carbocycles. The van der Waals surface area contributed by atoms with Gasteiger partial charge in [-0.2, -0.15) is 0 Å². The number of carbonyl (C=O) groups is 2. The van der Waals surface area contributed by atoms with Crippen LogP contribution in [0, 0.1) is 0 Å². The van der Waals surface area contributed by atoms with E-state index in [0.29, 0.717) is 38.3 Å². The van der Waals surface area contributed by atoms with E-state index in [1.54, 1.807) is 16.7 Å². The van der Waals surface area contributed by atoms with Crippen LogP contribution < -0.4 is 5.32 Å². The van der Waals surface area contributed by atoms with E-state index in [2.05, 4.69) is 5.32 Å². The van der Waals surface area contributed by atoms with E-state index >= 15 is 0 Å². The van der Waals surface area contributed by atoms with Gasteiger partial charge in [-0.25, -0.2) is 4.79 Å². The Labute approximate surface area is 136 Å². The van der Waals surface area contributed by atoms with Crippen molar-refractivity contribution in [3.05, 3.63) is 29.8 Å². The fourth-order valence-corrected chi connectivity index (χ4v) is 2.78. The van der Waals surface area contributed by atoms with E-state index in [9.17, 15) is 9.59 Å². The first-order valence-corrected chi connectivity index (χ1v) is 8.84. The molecule has 1 aliphatic heterocycles. The second-order valence-electron chi connectivity index (χ2n) is 5.24. The highest BCUT2D eigenvalue weighted by atomic mass is 32.2. The predicted octanol–water partition coefficient (Wildman–Crippen LogP) is 2.29. The lowest BCUT2D eigenvalue weighted by atomic mass is 10.2. The summed E-state index contributed by atoms with van der Waals surface area (Å²) in [5.41, 5.74) is 0.710. The maximum absolute atomic E-state index is 12.4. The standard InChI is InChI=1S/C16H23N3O2S/c1-3-8-17-16(21)19-11-9-18(10-12-19)15(20)13-4-6-14(22-2)7-5-13/h4-7H,3,8-12H2,1-2H3,(H,17,21). The molecule has 1 fully saturated rings. The molecule has 5 nitrogen and oxygen atoms in total. The number of hydrogen-bond acceptors (Lipinski definition) is 3. The number of urea groups is 1. The zero-order chi connectivity index (χ0) is 15.9. The Balaban J connectivity index is 1.87. The summed E-state index contributed by atoms with van der Waals surface area (Å²) in [6, 6.07) is 7.64. The van der Waals surface area contributed by atoms with Gasteiger partial charge in [0.1, 0.15) is 0 Å². The fraction of sp³-hybridized carbons (Fsp3) is 0.500. The zero-order valence-electron chi connectivity index (χ0n) is 13.2. The highest BCUT2D eigenvalue weighted by Crippen LogP contribution is 2.16. The number of nitrogens with one attached hydrogen (secondary N) is 1. The van der Waals surface area contributed by atoms with Gasteiger partial charge in [0.2, 0.25) is 0 Å². The van der Waals surface area contributed by atoms with Crippen molar-refractivity contribution < 1.29 is 9.59 Å². The van der Waals surface area contributed by atoms with Crippen LogP contribution >= 0.6 is 11.8 Å². The first kappa shape index (κ1) is 16.7. The first-order chi connectivity index (χ1) is 10.7. The van der Waals surface area contributed by atoms with Crippen molar-refractivity contribution in [2.45, 2.75) is 18.2 Å². The van der Waals surface area contributed by atoms with Crippen molar-refractivity contribution in [3.63, 3.8) is 0 Å². The van der Waals surface area contributed by atoms with Crippen LogP contribution in [-0.4, -0.2) is 60.7 Å². The molecule has 120 valence electrons. The molecule has 0 radical (unpaired) electrons. The summed E-state index contributed by atoms with van der Waals surface area (Å²) >= 11 is 1.66. The molecule has 3 amide bonds. The molecule has 1 heterocycles. The van der Waals surface area contributed by atoms with Crippen LogP contribution in [-0.2, 0) is 0 Å². The van der Waals surface area contributed by atoms with E-state index < -0.39 is 0 Å². The third kappa shape index (κ3) is 4.16. The minimum absolute atomic E-state index is 0.0294. The van der Waals surface area contributed by atoms with E-state index in [0.717, 1.165) is 11.3 Å². The lowest BCUT2D eigenvalue weighted by Crippen LogP contribution is -2.53. The second kappa shape index (κ2) is 8.08. The largest absolute Gasteiger partial charge is 0.338 e. The number of benzene rings is 1. The first-order valence-electron chi connectivity index (χ1n) is 7.61. The maximum atomic E-state index is 12.4. The number of amides is 3. The Kier molecular flexibility index (Phi) is 6.12. The van der Waals surface area contributed by atoms with Crippen LogP contribution in [0.5, 0.6) is 0 Å². The Hall–Kier alpha value is -1.69. The van der Waals surface area contributed by atoms with Gasteiger partial charge in [-0.15, -0.1) is 11.8 Å². The highest BCUT2D eigenvalue weighted by Gasteiger charge is 2.24. The second-order valence-corrected chi connectivity index (χ2v) is 6.12. The number of carbonyl (C=O) groups excluding carboxylic acids is 2. The summed E-state index contributed by atoms with van der Waals surface area (Å²) in [5, 5.41) is 2.87. The summed E-state index contributed by atoms with van der Waals surface area (Å²) in [4.78, 5) is 29.1. The Bertz CT molecular complexity index is 511. The molecule has 1 aromatic rings. The quantitative estimate of drug-likeness (QED) is 0.866. The molecule has 22 heavy (non-hydrogen) atoms. The third-order valence-corrected chi connectivity index (χ3v) is 4.46. The van der Waals surface area contributed by atoms with E-state index in [1.165, 1.54) is 0 Å². The monoisotopic (exact) mass is 321 g/mol. The van der Waals surface area contributed by atoms with E-state index in [1.807, 2.05) is 42.3 Å². The number of thioether (sulfide) groups is 1. The molecule has 2 rings (SSSR count). The summed E-state index contributed by atoms with van der Waals surface area (Å²) in [7, 11) is 0. The van der Waals surface area contributed by atoms with Crippen molar-refractivity contribution in [1.29, 1.82) is 0 Å². The lowest BCUT2D eigenvalue weighted by molar-refractivity contribution is 0.0665. The average molecular weight is 321 g/mol. The van der Waals surface area contributed by atoms with E-state index in [4.69, 9.17) is 0 Å². The van der Waals surface area contributed by atoms with Gasteiger partial charge in [0.15, 0.2) is 0 Å². The van der Waals surface area contributed by atoms with Crippen LogP contribution in [0.15, 0.2) is 29.2 Å². The van der Waals surface area contributed by atoms with Gasteiger partial charge in [0.05, 0.1) is 0 Å². The van der Waals surface area contributed by atoms with Crippen molar-refractivity contribution >= 4 is 23.7 Å². The molecule has 6 heteroatoms. The normalized spacial score (nSPS) is 14.8. The highest BCUT2D eigenvalue weighted by molar-refractivity contribution is 7.98. The Morgan fingerprint density at radius 3 is 2.23 bits per heavy atom. The summed E-state index contributed by atoms with van der Waals surface area (Å²) in [6.07, 6.45) is 2.94. The van der Waals surface area contributed by atoms with Crippen molar-refractivity contribution in [1.82, 2.24) is 15.1 Å². The molecular weight excluding hydrogens is 298 g/mol. The zero-order valence-corrected chi connectivity index (χ0v) is 14.0. The topological polar surface area (TPSA) is 52.7 Å². The minimum Gasteiger partial charge on any atom is -0.338 e. The number of hydrogen-bond donors (Lipinski definition) is 1. The van der Waals surface area contributed by atoms with Crippen molar-refractivity contribution in [3.8, 4) is 0 Å². The summed E-state index contributed by atoms with van der Waals surface area (Å²) in [6.45, 7) is 5.07. The smallest absolute Gasteiger partial charge is 0.317 e. The number of piperazine rings is 1. The van der Waals surface area contributed by atoms with Crippen LogP contribution in [0.2, 0.25) is 0 Å². The van der Waals surface area contributed by atoms with Crippen LogP contribution in [0.25, 0.3) is 0 Å². The van der Waals surface area contributed by atoms with Gasteiger partial charge < -0.3 is 15.1 Å². The molecule has 1 saturated heterocycles. The number of nitrogens with zero attached hydrogens (tertiary/aromatic N) is 2. The van der Waals surface area contributed by atoms with Crippen molar-refractivity contribution in [2.24, 2.45) is 0 Å². The molecule has 0 unspecified atom stereocenters. The average Bonchev–Trinajstić information content (AvgIpc) is 2.59. The molecule has 1 N–H and O–H groups in total. The van der Waals surface area contributed by atoms with Gasteiger partial charge in [-0.3, -0.25) is 4.79 Å². The molecule has 0 aromatic heterocycles. The van der Waals surface area contributed by atoms with Crippen molar-refractivity contribution in [2.75, 3.05) is 39.0 Å². The van der Waals surface area contributed by atoms with Gasteiger partial charge in [-0.1, -0.05) is 6.92 Å². The molecular formula is C16H23N3O2S. The van der Waals surface area contributed by atoms with Gasteiger partial charge in [-0.05, 0) is 36.9 Å². The minimum atomic E-state index is -0.0294. The van der Waals surface area contributed by atoms with Crippen LogP contribution in [0.1, 0.15) is 23.7 Å². The number of rotatable bonds is 4.